The van der Waals surface area contributed by atoms with Gasteiger partial charge in [0.1, 0.15) is 23.5 Å². The topological polar surface area (TPSA) is 56.8 Å². The van der Waals surface area contributed by atoms with E-state index >= 15 is 0 Å². The number of rotatable bonds is 2. The molecule has 0 radical (unpaired) electrons. The summed E-state index contributed by atoms with van der Waals surface area (Å²) in [6.45, 7) is 0. The number of nitrogens with zero attached hydrogens (tertiary/aromatic N) is 2. The molecule has 0 aliphatic carbocycles. The van der Waals surface area contributed by atoms with Gasteiger partial charge >= 0.3 is 12.4 Å². The zero-order valence-corrected chi connectivity index (χ0v) is 9.38. The van der Waals surface area contributed by atoms with Crippen LogP contribution in [0, 0.1) is 22.7 Å². The van der Waals surface area contributed by atoms with Crippen molar-refractivity contribution < 1.29 is 31.1 Å². The molecule has 0 spiro atoms. The molecule has 20 heavy (non-hydrogen) atoms. The van der Waals surface area contributed by atoms with E-state index in [-0.39, 0.29) is 5.56 Å². The lowest BCUT2D eigenvalue weighted by Crippen LogP contribution is -2.46. The second-order valence-corrected chi connectivity index (χ2v) is 3.48. The summed E-state index contributed by atoms with van der Waals surface area (Å²) in [5.41, 5.74) is -1.07. The van der Waals surface area contributed by atoms with Gasteiger partial charge in [-0.15, -0.1) is 0 Å². The van der Waals surface area contributed by atoms with Gasteiger partial charge in [-0.05, 0) is 12.1 Å². The Morgan fingerprint density at radius 2 is 1.50 bits per heavy atom. The van der Waals surface area contributed by atoms with Gasteiger partial charge in [-0.25, -0.2) is 0 Å². The lowest BCUT2D eigenvalue weighted by atomic mass is 10.1. The standard InChI is InChI=1S/C11H4F6N2O/c12-10(13,14)9(11(15,16)17)20-8-3-1-2-6(4-18)7(8)5-19/h1-3,9H. The quantitative estimate of drug-likeness (QED) is 0.786. The number of nitriles is 2. The molecule has 0 bridgehead atoms. The van der Waals surface area contributed by atoms with Crippen molar-refractivity contribution in [2.45, 2.75) is 18.5 Å². The van der Waals surface area contributed by atoms with Crippen LogP contribution in [0.25, 0.3) is 0 Å². The highest BCUT2D eigenvalue weighted by atomic mass is 19.4. The third-order valence-corrected chi connectivity index (χ3v) is 2.10. The summed E-state index contributed by atoms with van der Waals surface area (Å²) in [5.74, 6) is -0.953. The van der Waals surface area contributed by atoms with Gasteiger partial charge in [0, 0.05) is 0 Å². The first-order valence-electron chi connectivity index (χ1n) is 4.84. The second kappa shape index (κ2) is 5.29. The lowest BCUT2D eigenvalue weighted by Gasteiger charge is -2.24. The third-order valence-electron chi connectivity index (χ3n) is 2.10. The zero-order valence-electron chi connectivity index (χ0n) is 9.38. The van der Waals surface area contributed by atoms with Crippen LogP contribution in [0.15, 0.2) is 18.2 Å². The molecule has 0 saturated heterocycles. The zero-order chi connectivity index (χ0) is 15.6. The van der Waals surface area contributed by atoms with E-state index in [1.807, 2.05) is 0 Å². The van der Waals surface area contributed by atoms with Crippen LogP contribution in [-0.4, -0.2) is 18.5 Å². The van der Waals surface area contributed by atoms with Gasteiger partial charge in [0.15, 0.2) is 0 Å². The second-order valence-electron chi connectivity index (χ2n) is 3.48. The largest absolute Gasteiger partial charge is 0.470 e. The predicted molar refractivity (Wildman–Crippen MR) is 52.4 cm³/mol. The predicted octanol–water partition coefficient (Wildman–Crippen LogP) is 3.30. The Kier molecular flexibility index (Phi) is 4.14. The molecule has 9 heteroatoms. The number of halogens is 6. The summed E-state index contributed by atoms with van der Waals surface area (Å²) < 4.78 is 77.8. The molecule has 0 aliphatic rings. The molecule has 0 fully saturated rings. The highest BCUT2D eigenvalue weighted by molar-refractivity contribution is 5.53. The molecular weight excluding hydrogens is 290 g/mol. The fourth-order valence-electron chi connectivity index (χ4n) is 1.28. The van der Waals surface area contributed by atoms with Gasteiger partial charge in [-0.1, -0.05) is 6.07 Å². The maximum Gasteiger partial charge on any atom is 0.434 e. The van der Waals surface area contributed by atoms with Gasteiger partial charge < -0.3 is 4.74 Å². The molecule has 0 aliphatic heterocycles. The average Bonchev–Trinajstić information content (AvgIpc) is 2.32. The Morgan fingerprint density at radius 3 is 1.90 bits per heavy atom. The average molecular weight is 294 g/mol. The first-order valence-corrected chi connectivity index (χ1v) is 4.84. The number of benzene rings is 1. The van der Waals surface area contributed by atoms with E-state index in [0.717, 1.165) is 18.2 Å². The minimum absolute atomic E-state index is 0.381. The van der Waals surface area contributed by atoms with Gasteiger partial charge in [-0.3, -0.25) is 0 Å². The monoisotopic (exact) mass is 294 g/mol. The Bertz CT molecular complexity index is 565. The Labute approximate surface area is 108 Å². The molecule has 0 N–H and O–H groups in total. The number of hydrogen-bond donors (Lipinski definition) is 0. The molecule has 0 amide bonds. The summed E-state index contributed by atoms with van der Waals surface area (Å²) in [6, 6.07) is 5.65. The molecule has 1 rings (SSSR count). The van der Waals surface area contributed by atoms with Crippen LogP contribution in [0.4, 0.5) is 26.3 Å². The first-order chi connectivity index (χ1) is 9.11. The Hall–Kier alpha value is -2.42. The van der Waals surface area contributed by atoms with Crippen LogP contribution in [0.5, 0.6) is 5.75 Å². The van der Waals surface area contributed by atoms with Crippen molar-refractivity contribution in [1.82, 2.24) is 0 Å². The molecule has 1 aromatic carbocycles. The molecule has 0 atom stereocenters. The number of hydrogen-bond acceptors (Lipinski definition) is 3. The normalized spacial score (nSPS) is 11.8. The summed E-state index contributed by atoms with van der Waals surface area (Å²) in [7, 11) is 0. The van der Waals surface area contributed by atoms with Crippen molar-refractivity contribution in [3.05, 3.63) is 29.3 Å². The maximum absolute atomic E-state index is 12.3. The number of ether oxygens (including phenoxy) is 1. The summed E-state index contributed by atoms with van der Waals surface area (Å²) in [6.07, 6.45) is -15.5. The van der Waals surface area contributed by atoms with E-state index in [0.29, 0.717) is 0 Å². The summed E-state index contributed by atoms with van der Waals surface area (Å²) in [4.78, 5) is 0. The van der Waals surface area contributed by atoms with Gasteiger partial charge in [0.25, 0.3) is 6.10 Å². The van der Waals surface area contributed by atoms with E-state index in [9.17, 15) is 26.3 Å². The smallest absolute Gasteiger partial charge is 0.434 e. The highest BCUT2D eigenvalue weighted by Crippen LogP contribution is 2.37. The van der Waals surface area contributed by atoms with Gasteiger partial charge in [-0.2, -0.15) is 36.9 Å². The highest BCUT2D eigenvalue weighted by Gasteiger charge is 2.59. The molecule has 0 heterocycles. The SMILES string of the molecule is N#Cc1cccc(OC(C(F)(F)F)C(F)(F)F)c1C#N. The van der Waals surface area contributed by atoms with E-state index < -0.39 is 29.8 Å². The molecule has 3 nitrogen and oxygen atoms in total. The third kappa shape index (κ3) is 3.32. The fraction of sp³-hybridized carbons (Fsp3) is 0.273. The minimum atomic E-state index is -5.70. The van der Waals surface area contributed by atoms with Crippen molar-refractivity contribution in [2.75, 3.05) is 0 Å². The van der Waals surface area contributed by atoms with Crippen molar-refractivity contribution in [3.8, 4) is 17.9 Å². The van der Waals surface area contributed by atoms with Crippen molar-refractivity contribution in [2.24, 2.45) is 0 Å². The van der Waals surface area contributed by atoms with Crippen molar-refractivity contribution in [3.63, 3.8) is 0 Å². The van der Waals surface area contributed by atoms with Crippen molar-refractivity contribution >= 4 is 0 Å². The lowest BCUT2D eigenvalue weighted by molar-refractivity contribution is -0.299. The van der Waals surface area contributed by atoms with Crippen molar-refractivity contribution in [1.29, 1.82) is 10.5 Å². The molecule has 0 unspecified atom stereocenters. The van der Waals surface area contributed by atoms with Gasteiger partial charge in [0.05, 0.1) is 5.56 Å². The summed E-state index contributed by atoms with van der Waals surface area (Å²) >= 11 is 0. The van der Waals surface area contributed by atoms with Gasteiger partial charge in [0.2, 0.25) is 0 Å². The van der Waals surface area contributed by atoms with Crippen LogP contribution in [-0.2, 0) is 0 Å². The van der Waals surface area contributed by atoms with E-state index in [1.54, 1.807) is 0 Å². The maximum atomic E-state index is 12.3. The molecule has 106 valence electrons. The molecular formula is C11H4F6N2O. The Morgan fingerprint density at radius 1 is 0.950 bits per heavy atom. The van der Waals surface area contributed by atoms with Crippen LogP contribution in [0.1, 0.15) is 11.1 Å². The van der Waals surface area contributed by atoms with Crippen LogP contribution < -0.4 is 4.74 Å². The molecule has 0 saturated carbocycles. The van der Waals surface area contributed by atoms with Crippen LogP contribution >= 0.6 is 0 Å². The van der Waals surface area contributed by atoms with Crippen LogP contribution in [0.3, 0.4) is 0 Å². The van der Waals surface area contributed by atoms with Crippen LogP contribution in [0.2, 0.25) is 0 Å². The van der Waals surface area contributed by atoms with E-state index in [1.165, 1.54) is 12.1 Å². The first kappa shape index (κ1) is 15.6. The summed E-state index contributed by atoms with van der Waals surface area (Å²) in [5, 5.41) is 17.3. The fourth-order valence-corrected chi connectivity index (χ4v) is 1.28. The Balaban J connectivity index is 3.28. The van der Waals surface area contributed by atoms with E-state index in [2.05, 4.69) is 4.74 Å². The minimum Gasteiger partial charge on any atom is -0.470 e. The van der Waals surface area contributed by atoms with E-state index in [4.69, 9.17) is 10.5 Å². The number of alkyl halides is 6. The molecule has 0 aromatic heterocycles. The molecule has 1 aromatic rings.